The van der Waals surface area contributed by atoms with Crippen molar-refractivity contribution in [2.75, 3.05) is 46.1 Å². The van der Waals surface area contributed by atoms with Crippen LogP contribution in [0.25, 0.3) is 10.8 Å². The number of hydrogen-bond acceptors (Lipinski definition) is 6. The van der Waals surface area contributed by atoms with Crippen LogP contribution in [0.3, 0.4) is 0 Å². The zero-order chi connectivity index (χ0) is 27.4. The maximum Gasteiger partial charge on any atom is 0.245 e. The smallest absolute Gasteiger partial charge is 0.245 e. The van der Waals surface area contributed by atoms with E-state index in [1.807, 2.05) is 30.3 Å². The summed E-state index contributed by atoms with van der Waals surface area (Å²) in [5.74, 6) is -0.473. The van der Waals surface area contributed by atoms with Crippen molar-refractivity contribution in [3.8, 4) is 0 Å². The van der Waals surface area contributed by atoms with Gasteiger partial charge in [-0.05, 0) is 35.6 Å². The first-order valence-corrected chi connectivity index (χ1v) is 13.7. The van der Waals surface area contributed by atoms with Gasteiger partial charge < -0.3 is 31.2 Å². The van der Waals surface area contributed by atoms with Crippen molar-refractivity contribution in [3.05, 3.63) is 48.0 Å². The van der Waals surface area contributed by atoms with Crippen LogP contribution in [-0.4, -0.2) is 69.8 Å². The molecule has 3 amide bonds. The first kappa shape index (κ1) is 31.2. The Morgan fingerprint density at radius 3 is 2.39 bits per heavy atom. The number of carbonyl (C=O) groups excluding carboxylic acids is 3. The number of fused-ring (bicyclic) bond motifs is 1. The number of nitrogens with one attached hydrogen (secondary N) is 3. The molecule has 38 heavy (non-hydrogen) atoms. The highest BCUT2D eigenvalue weighted by molar-refractivity contribution is 5.88. The lowest BCUT2D eigenvalue weighted by Crippen LogP contribution is -2.48. The molecule has 0 fully saturated rings. The van der Waals surface area contributed by atoms with E-state index in [0.29, 0.717) is 58.7 Å². The largest absolute Gasteiger partial charge is 0.378 e. The number of nitrogens with two attached hydrogens (primary N) is 1. The van der Waals surface area contributed by atoms with Gasteiger partial charge in [0.05, 0.1) is 19.8 Å². The average molecular weight is 529 g/mol. The van der Waals surface area contributed by atoms with Gasteiger partial charge >= 0.3 is 0 Å². The van der Waals surface area contributed by atoms with Crippen molar-refractivity contribution >= 4 is 28.5 Å². The molecule has 1 atom stereocenters. The van der Waals surface area contributed by atoms with Gasteiger partial charge in [0.2, 0.25) is 17.7 Å². The summed E-state index contributed by atoms with van der Waals surface area (Å²) in [6.07, 6.45) is 4.87. The third-order valence-electron chi connectivity index (χ3n) is 6.01. The number of carbonyl (C=O) groups is 3. The summed E-state index contributed by atoms with van der Waals surface area (Å²) in [6, 6.07) is 13.6. The summed E-state index contributed by atoms with van der Waals surface area (Å²) in [7, 11) is 0. The SMILES string of the molecule is CCCCNC(=O)[C@H](Cc1ccc2ccccc2c1)NC(=O)CCCCCNC(=O)COCCOCCN. The molecule has 9 nitrogen and oxygen atoms in total. The van der Waals surface area contributed by atoms with Gasteiger partial charge in [0, 0.05) is 32.5 Å². The second kappa shape index (κ2) is 19.1. The Labute approximate surface area is 226 Å². The summed E-state index contributed by atoms with van der Waals surface area (Å²) in [5.41, 5.74) is 6.33. The Morgan fingerprint density at radius 2 is 1.61 bits per heavy atom. The normalized spacial score (nSPS) is 11.7. The molecule has 0 aromatic heterocycles. The van der Waals surface area contributed by atoms with Crippen LogP contribution in [0.5, 0.6) is 0 Å². The van der Waals surface area contributed by atoms with E-state index < -0.39 is 6.04 Å². The minimum atomic E-state index is -0.625. The van der Waals surface area contributed by atoms with Crippen LogP contribution >= 0.6 is 0 Å². The maximum atomic E-state index is 12.9. The Kier molecular flexibility index (Phi) is 15.7. The molecule has 210 valence electrons. The predicted molar refractivity (Wildman–Crippen MR) is 150 cm³/mol. The molecule has 0 spiro atoms. The van der Waals surface area contributed by atoms with E-state index in [4.69, 9.17) is 15.2 Å². The molecular weight excluding hydrogens is 484 g/mol. The zero-order valence-corrected chi connectivity index (χ0v) is 22.6. The van der Waals surface area contributed by atoms with Crippen LogP contribution in [-0.2, 0) is 30.3 Å². The highest BCUT2D eigenvalue weighted by atomic mass is 16.5. The monoisotopic (exact) mass is 528 g/mol. The van der Waals surface area contributed by atoms with Gasteiger partial charge in [-0.15, -0.1) is 0 Å². The Bertz CT molecular complexity index is 984. The fraction of sp³-hybridized carbons (Fsp3) is 0.552. The topological polar surface area (TPSA) is 132 Å². The quantitative estimate of drug-likeness (QED) is 0.195. The van der Waals surface area contributed by atoms with Crippen LogP contribution < -0.4 is 21.7 Å². The Balaban J connectivity index is 1.71. The molecule has 0 radical (unpaired) electrons. The second-order valence-electron chi connectivity index (χ2n) is 9.26. The van der Waals surface area contributed by atoms with Crippen LogP contribution in [0.15, 0.2) is 42.5 Å². The van der Waals surface area contributed by atoms with E-state index in [-0.39, 0.29) is 24.3 Å². The number of amides is 3. The van der Waals surface area contributed by atoms with Gasteiger partial charge in [-0.1, -0.05) is 62.2 Å². The molecule has 9 heteroatoms. The van der Waals surface area contributed by atoms with Crippen LogP contribution in [0.1, 0.15) is 51.0 Å². The molecule has 2 aromatic carbocycles. The third kappa shape index (κ3) is 13.0. The van der Waals surface area contributed by atoms with E-state index in [1.165, 1.54) is 0 Å². The summed E-state index contributed by atoms with van der Waals surface area (Å²) in [4.78, 5) is 37.3. The van der Waals surface area contributed by atoms with Gasteiger partial charge in [0.15, 0.2) is 0 Å². The molecule has 0 saturated carbocycles. The number of benzene rings is 2. The lowest BCUT2D eigenvalue weighted by Gasteiger charge is -2.19. The zero-order valence-electron chi connectivity index (χ0n) is 22.6. The standard InChI is InChI=1S/C29H44N4O5/c1-2-3-15-32-29(36)26(21-23-12-13-24-9-6-7-10-25(24)20-23)33-27(34)11-5-4-8-16-31-28(35)22-38-19-18-37-17-14-30/h6-7,9-10,12-13,20,26H,2-5,8,11,14-19,21-22,30H2,1H3,(H,31,35)(H,32,36)(H,33,34)/t26-/m0/s1. The molecule has 0 heterocycles. The van der Waals surface area contributed by atoms with Crippen molar-refractivity contribution in [1.29, 1.82) is 0 Å². The molecule has 0 bridgehead atoms. The van der Waals surface area contributed by atoms with Gasteiger partial charge in [-0.3, -0.25) is 14.4 Å². The first-order chi connectivity index (χ1) is 18.5. The van der Waals surface area contributed by atoms with Crippen LogP contribution in [0, 0.1) is 0 Å². The molecule has 2 rings (SSSR count). The molecule has 0 saturated heterocycles. The molecule has 0 aliphatic heterocycles. The fourth-order valence-electron chi connectivity index (χ4n) is 3.92. The van der Waals surface area contributed by atoms with Crippen molar-refractivity contribution in [2.24, 2.45) is 5.73 Å². The first-order valence-electron chi connectivity index (χ1n) is 13.7. The highest BCUT2D eigenvalue weighted by Gasteiger charge is 2.21. The van der Waals surface area contributed by atoms with Crippen molar-refractivity contribution in [2.45, 2.75) is 57.9 Å². The van der Waals surface area contributed by atoms with E-state index in [0.717, 1.165) is 42.0 Å². The van der Waals surface area contributed by atoms with Crippen molar-refractivity contribution in [1.82, 2.24) is 16.0 Å². The van der Waals surface area contributed by atoms with Gasteiger partial charge in [0.1, 0.15) is 12.6 Å². The second-order valence-corrected chi connectivity index (χ2v) is 9.26. The molecule has 0 aliphatic rings. The highest BCUT2D eigenvalue weighted by Crippen LogP contribution is 2.17. The minimum absolute atomic E-state index is 0.00664. The molecule has 2 aromatic rings. The summed E-state index contributed by atoms with van der Waals surface area (Å²) < 4.78 is 10.4. The Morgan fingerprint density at radius 1 is 0.842 bits per heavy atom. The minimum Gasteiger partial charge on any atom is -0.378 e. The number of rotatable bonds is 20. The van der Waals surface area contributed by atoms with E-state index in [9.17, 15) is 14.4 Å². The Hall–Kier alpha value is -3.01. The van der Waals surface area contributed by atoms with Gasteiger partial charge in [0.25, 0.3) is 0 Å². The molecule has 0 unspecified atom stereocenters. The summed E-state index contributed by atoms with van der Waals surface area (Å²) >= 11 is 0. The van der Waals surface area contributed by atoms with Crippen molar-refractivity contribution in [3.63, 3.8) is 0 Å². The van der Waals surface area contributed by atoms with Crippen molar-refractivity contribution < 1.29 is 23.9 Å². The summed E-state index contributed by atoms with van der Waals surface area (Å²) in [5, 5.41) is 10.9. The van der Waals surface area contributed by atoms with Crippen LogP contribution in [0.4, 0.5) is 0 Å². The van der Waals surface area contributed by atoms with Crippen LogP contribution in [0.2, 0.25) is 0 Å². The molecular formula is C29H44N4O5. The lowest BCUT2D eigenvalue weighted by atomic mass is 10.0. The maximum absolute atomic E-state index is 12.9. The number of hydrogen-bond donors (Lipinski definition) is 4. The van der Waals surface area contributed by atoms with Gasteiger partial charge in [-0.25, -0.2) is 0 Å². The average Bonchev–Trinajstić information content (AvgIpc) is 2.92. The summed E-state index contributed by atoms with van der Waals surface area (Å²) in [6.45, 7) is 4.88. The van der Waals surface area contributed by atoms with Gasteiger partial charge in [-0.2, -0.15) is 0 Å². The van der Waals surface area contributed by atoms with E-state index in [1.54, 1.807) is 0 Å². The fourth-order valence-corrected chi connectivity index (χ4v) is 3.92. The molecule has 5 N–H and O–H groups in total. The molecule has 0 aliphatic carbocycles. The van der Waals surface area contributed by atoms with E-state index in [2.05, 4.69) is 35.0 Å². The lowest BCUT2D eigenvalue weighted by molar-refractivity contribution is -0.129. The predicted octanol–water partition coefficient (Wildman–Crippen LogP) is 2.45. The number of unbranched alkanes of at least 4 members (excludes halogenated alkanes) is 3. The number of ether oxygens (including phenoxy) is 2. The third-order valence-corrected chi connectivity index (χ3v) is 6.01. The van der Waals surface area contributed by atoms with E-state index >= 15 is 0 Å².